The van der Waals surface area contributed by atoms with Crippen molar-refractivity contribution >= 4 is 15.9 Å². The highest BCUT2D eigenvalue weighted by Gasteiger charge is 2.24. The van der Waals surface area contributed by atoms with Crippen LogP contribution in [-0.2, 0) is 29.5 Å². The third kappa shape index (κ3) is 3.74. The lowest BCUT2D eigenvalue weighted by Gasteiger charge is -2.26. The van der Waals surface area contributed by atoms with Gasteiger partial charge in [0, 0.05) is 43.5 Å². The number of nitrogens with one attached hydrogen (secondary N) is 1. The molecule has 3 heterocycles. The van der Waals surface area contributed by atoms with E-state index in [2.05, 4.69) is 10.3 Å². The van der Waals surface area contributed by atoms with E-state index < -0.39 is 10.0 Å². The Balaban J connectivity index is 1.44. The predicted octanol–water partition coefficient (Wildman–Crippen LogP) is 1.06. The van der Waals surface area contributed by atoms with Gasteiger partial charge in [-0.15, -0.1) is 0 Å². The maximum Gasteiger partial charge on any atom is 0.251 e. The zero-order valence-corrected chi connectivity index (χ0v) is 15.6. The first-order chi connectivity index (χ1) is 12.9. The van der Waals surface area contributed by atoms with Gasteiger partial charge in [0.2, 0.25) is 16.8 Å². The molecule has 1 amide bonds. The summed E-state index contributed by atoms with van der Waals surface area (Å²) in [6.07, 6.45) is 3.52. The summed E-state index contributed by atoms with van der Waals surface area (Å²) in [5, 5.41) is 2.85. The molecular weight excluding hydrogens is 370 g/mol. The Morgan fingerprint density at radius 3 is 2.89 bits per heavy atom. The van der Waals surface area contributed by atoms with Crippen LogP contribution in [0.3, 0.4) is 0 Å². The number of pyridine rings is 1. The summed E-state index contributed by atoms with van der Waals surface area (Å²) in [5.74, 6) is 0.948. The van der Waals surface area contributed by atoms with Gasteiger partial charge >= 0.3 is 0 Å². The predicted molar refractivity (Wildman–Crippen MR) is 96.9 cm³/mol. The summed E-state index contributed by atoms with van der Waals surface area (Å²) in [4.78, 5) is 16.8. The molecule has 0 saturated carbocycles. The summed E-state index contributed by atoms with van der Waals surface area (Å²) < 4.78 is 35.5. The van der Waals surface area contributed by atoms with E-state index in [4.69, 9.17) is 9.47 Å². The molecule has 2 aliphatic heterocycles. The van der Waals surface area contributed by atoms with Gasteiger partial charge < -0.3 is 14.8 Å². The van der Waals surface area contributed by atoms with Gasteiger partial charge in [0.15, 0.2) is 11.5 Å². The minimum absolute atomic E-state index is 0.158. The number of sulfonamides is 1. The molecule has 0 atom stereocenters. The Labute approximate surface area is 157 Å². The molecule has 1 N–H and O–H groups in total. The Morgan fingerprint density at radius 2 is 2.07 bits per heavy atom. The standard InChI is InChI=1S/C18H19N3O5S/c1-27(23,24)21-5-4-15-14(10-21)6-12(8-19-15)9-20-18(22)13-2-3-16-17(7-13)26-11-25-16/h2-3,6-8H,4-5,9-11H2,1H3,(H,20,22). The van der Waals surface area contributed by atoms with E-state index in [0.717, 1.165) is 16.8 Å². The molecule has 9 heteroatoms. The van der Waals surface area contributed by atoms with Crippen LogP contribution in [0.2, 0.25) is 0 Å². The van der Waals surface area contributed by atoms with Gasteiger partial charge in [-0.2, -0.15) is 4.31 Å². The van der Waals surface area contributed by atoms with Crippen molar-refractivity contribution in [3.05, 3.63) is 52.8 Å². The monoisotopic (exact) mass is 389 g/mol. The van der Waals surface area contributed by atoms with Gasteiger partial charge in [0.1, 0.15) is 0 Å². The number of hydrogen-bond acceptors (Lipinski definition) is 6. The first-order valence-electron chi connectivity index (χ1n) is 8.50. The van der Waals surface area contributed by atoms with Crippen molar-refractivity contribution in [1.82, 2.24) is 14.6 Å². The van der Waals surface area contributed by atoms with Crippen LogP contribution in [0.15, 0.2) is 30.5 Å². The summed E-state index contributed by atoms with van der Waals surface area (Å²) >= 11 is 0. The fourth-order valence-electron chi connectivity index (χ4n) is 3.15. The zero-order valence-electron chi connectivity index (χ0n) is 14.8. The number of benzene rings is 1. The molecule has 1 aromatic carbocycles. The fourth-order valence-corrected chi connectivity index (χ4v) is 3.95. The number of fused-ring (bicyclic) bond motifs is 2. The molecule has 0 saturated heterocycles. The third-order valence-electron chi connectivity index (χ3n) is 4.62. The van der Waals surface area contributed by atoms with Crippen LogP contribution in [0.25, 0.3) is 0 Å². The molecule has 0 bridgehead atoms. The zero-order chi connectivity index (χ0) is 19.0. The third-order valence-corrected chi connectivity index (χ3v) is 5.87. The smallest absolute Gasteiger partial charge is 0.251 e. The Kier molecular flexibility index (Phi) is 4.48. The van der Waals surface area contributed by atoms with Crippen LogP contribution in [0.4, 0.5) is 0 Å². The highest BCUT2D eigenvalue weighted by Crippen LogP contribution is 2.32. The first-order valence-corrected chi connectivity index (χ1v) is 10.3. The number of carbonyl (C=O) groups excluding carboxylic acids is 1. The van der Waals surface area contributed by atoms with Crippen molar-refractivity contribution in [3.63, 3.8) is 0 Å². The van der Waals surface area contributed by atoms with Crippen molar-refractivity contribution < 1.29 is 22.7 Å². The van der Waals surface area contributed by atoms with E-state index in [1.165, 1.54) is 10.6 Å². The molecule has 0 spiro atoms. The fraction of sp³-hybridized carbons (Fsp3) is 0.333. The summed E-state index contributed by atoms with van der Waals surface area (Å²) in [6.45, 7) is 1.21. The van der Waals surface area contributed by atoms with Gasteiger partial charge in [-0.1, -0.05) is 0 Å². The van der Waals surface area contributed by atoms with Crippen LogP contribution in [0.1, 0.15) is 27.2 Å². The molecule has 27 heavy (non-hydrogen) atoms. The molecule has 2 aromatic rings. The second-order valence-corrected chi connectivity index (χ2v) is 8.53. The molecular formula is C18H19N3O5S. The number of nitrogens with zero attached hydrogens (tertiary/aromatic N) is 2. The van der Waals surface area contributed by atoms with Crippen molar-refractivity contribution in [2.75, 3.05) is 19.6 Å². The van der Waals surface area contributed by atoms with Crippen LogP contribution in [0.5, 0.6) is 11.5 Å². The molecule has 0 fully saturated rings. The van der Waals surface area contributed by atoms with Crippen molar-refractivity contribution in [2.45, 2.75) is 19.5 Å². The minimum Gasteiger partial charge on any atom is -0.454 e. The van der Waals surface area contributed by atoms with Crippen molar-refractivity contribution in [3.8, 4) is 11.5 Å². The second-order valence-electron chi connectivity index (χ2n) is 6.55. The summed E-state index contributed by atoms with van der Waals surface area (Å²) in [5.41, 5.74) is 3.08. The lowest BCUT2D eigenvalue weighted by molar-refractivity contribution is 0.0950. The molecule has 0 radical (unpaired) electrons. The maximum absolute atomic E-state index is 12.4. The number of rotatable bonds is 4. The van der Waals surface area contributed by atoms with E-state index >= 15 is 0 Å². The lowest BCUT2D eigenvalue weighted by atomic mass is 10.1. The topological polar surface area (TPSA) is 97.8 Å². The van der Waals surface area contributed by atoms with Crippen molar-refractivity contribution in [2.24, 2.45) is 0 Å². The van der Waals surface area contributed by atoms with Crippen LogP contribution >= 0.6 is 0 Å². The van der Waals surface area contributed by atoms with Gasteiger partial charge in [-0.25, -0.2) is 8.42 Å². The molecule has 8 nitrogen and oxygen atoms in total. The molecule has 142 valence electrons. The average molecular weight is 389 g/mol. The van der Waals surface area contributed by atoms with Crippen LogP contribution in [0, 0.1) is 0 Å². The van der Waals surface area contributed by atoms with E-state index in [9.17, 15) is 13.2 Å². The van der Waals surface area contributed by atoms with Crippen molar-refractivity contribution in [1.29, 1.82) is 0 Å². The molecule has 0 unspecified atom stereocenters. The van der Waals surface area contributed by atoms with Gasteiger partial charge in [0.05, 0.1) is 6.26 Å². The highest BCUT2D eigenvalue weighted by molar-refractivity contribution is 7.88. The second kappa shape index (κ2) is 6.82. The van der Waals surface area contributed by atoms with E-state index in [0.29, 0.717) is 43.1 Å². The number of amides is 1. The Morgan fingerprint density at radius 1 is 1.26 bits per heavy atom. The summed E-state index contributed by atoms with van der Waals surface area (Å²) in [6, 6.07) is 6.93. The Hall–Kier alpha value is -2.65. The summed E-state index contributed by atoms with van der Waals surface area (Å²) in [7, 11) is -3.23. The maximum atomic E-state index is 12.4. The number of ether oxygens (including phenoxy) is 2. The SMILES string of the molecule is CS(=O)(=O)N1CCc2ncc(CNC(=O)c3ccc4c(c3)OCO4)cc2C1. The first kappa shape index (κ1) is 17.7. The van der Waals surface area contributed by atoms with Gasteiger partial charge in [-0.05, 0) is 35.4 Å². The number of carbonyl (C=O) groups is 1. The number of hydrogen-bond donors (Lipinski definition) is 1. The Bertz CT molecular complexity index is 1010. The molecule has 2 aliphatic rings. The van der Waals surface area contributed by atoms with Crippen LogP contribution < -0.4 is 14.8 Å². The van der Waals surface area contributed by atoms with Gasteiger partial charge in [-0.3, -0.25) is 9.78 Å². The van der Waals surface area contributed by atoms with E-state index in [1.54, 1.807) is 24.4 Å². The number of aromatic nitrogens is 1. The van der Waals surface area contributed by atoms with Crippen LogP contribution in [-0.4, -0.2) is 43.2 Å². The largest absolute Gasteiger partial charge is 0.454 e. The highest BCUT2D eigenvalue weighted by atomic mass is 32.2. The minimum atomic E-state index is -3.23. The molecule has 4 rings (SSSR count). The average Bonchev–Trinajstić information content (AvgIpc) is 3.12. The molecule has 1 aromatic heterocycles. The van der Waals surface area contributed by atoms with Gasteiger partial charge in [0.25, 0.3) is 5.91 Å². The molecule has 0 aliphatic carbocycles. The quantitative estimate of drug-likeness (QED) is 0.840. The van der Waals surface area contributed by atoms with E-state index in [1.807, 2.05) is 6.07 Å². The van der Waals surface area contributed by atoms with E-state index in [-0.39, 0.29) is 12.7 Å². The lowest BCUT2D eigenvalue weighted by Crippen LogP contribution is -2.35. The normalized spacial score (nSPS) is 16.0.